The van der Waals surface area contributed by atoms with Crippen LogP contribution in [0, 0.1) is 0 Å². The van der Waals surface area contributed by atoms with E-state index in [4.69, 9.17) is 9.72 Å². The summed E-state index contributed by atoms with van der Waals surface area (Å²) in [5.74, 6) is 0.714. The van der Waals surface area contributed by atoms with Gasteiger partial charge < -0.3 is 15.0 Å². The van der Waals surface area contributed by atoms with E-state index in [0.717, 1.165) is 81.8 Å². The Kier molecular flexibility index (Phi) is 8.24. The van der Waals surface area contributed by atoms with Crippen LogP contribution < -0.4 is 15.8 Å². The number of aromatic nitrogens is 2. The van der Waals surface area contributed by atoms with Crippen LogP contribution in [-0.4, -0.2) is 65.6 Å². The zero-order valence-electron chi connectivity index (χ0n) is 24.4. The lowest BCUT2D eigenvalue weighted by molar-refractivity contribution is -0.122. The Labute approximate surface area is 249 Å². The first-order valence-electron chi connectivity index (χ1n) is 14.8. The average molecular weight is 584 g/mol. The zero-order chi connectivity index (χ0) is 29.2. The Bertz CT molecular complexity index is 1800. The number of amides is 1. The van der Waals surface area contributed by atoms with E-state index in [1.165, 1.54) is 0 Å². The number of morpholine rings is 1. The number of nitrogens with one attached hydrogen (secondary N) is 1. The lowest BCUT2D eigenvalue weighted by Crippen LogP contribution is -2.47. The number of nitrogens with zero attached hydrogens (tertiary/aromatic N) is 4. The van der Waals surface area contributed by atoms with Gasteiger partial charge in [0.1, 0.15) is 11.5 Å². The van der Waals surface area contributed by atoms with Gasteiger partial charge >= 0.3 is 0 Å². The van der Waals surface area contributed by atoms with Crippen LogP contribution in [0.2, 0.25) is 0 Å². The third-order valence-corrected chi connectivity index (χ3v) is 9.24. The predicted octanol–water partition coefficient (Wildman–Crippen LogP) is 6.02. The molecule has 2 aromatic carbocycles. The van der Waals surface area contributed by atoms with Crippen molar-refractivity contribution in [2.75, 3.05) is 49.6 Å². The third-order valence-electron chi connectivity index (χ3n) is 8.02. The summed E-state index contributed by atoms with van der Waals surface area (Å²) in [6.45, 7) is 10.8. The molecule has 3 aromatic heterocycles. The van der Waals surface area contributed by atoms with Gasteiger partial charge in [-0.05, 0) is 50.1 Å². The van der Waals surface area contributed by atoms with Gasteiger partial charge in [-0.3, -0.25) is 18.9 Å². The number of benzene rings is 2. The van der Waals surface area contributed by atoms with Crippen molar-refractivity contribution in [3.8, 4) is 11.1 Å². The van der Waals surface area contributed by atoms with Gasteiger partial charge in [0.15, 0.2) is 0 Å². The van der Waals surface area contributed by atoms with Crippen molar-refractivity contribution < 1.29 is 9.53 Å². The largest absolute Gasteiger partial charge is 0.379 e. The van der Waals surface area contributed by atoms with E-state index >= 15 is 0 Å². The quantitative estimate of drug-likeness (QED) is 0.229. The minimum Gasteiger partial charge on any atom is -0.379 e. The van der Waals surface area contributed by atoms with Crippen LogP contribution in [0.4, 0.5) is 11.5 Å². The van der Waals surface area contributed by atoms with Crippen molar-refractivity contribution in [3.05, 3.63) is 71.1 Å². The summed E-state index contributed by atoms with van der Waals surface area (Å²) in [6, 6.07) is 17.8. The lowest BCUT2D eigenvalue weighted by atomic mass is 10.0. The van der Waals surface area contributed by atoms with Crippen LogP contribution in [0.3, 0.4) is 0 Å². The SMILES string of the molecule is CCCN(CCC)c1cc(=O)n2cccc(-c3cccc4c3sc3ccc(NC(=O)[C@@H](C)N5CCOCC5)cc34)c2n1. The first kappa shape index (κ1) is 28.3. The molecule has 0 aliphatic carbocycles. The number of anilines is 2. The van der Waals surface area contributed by atoms with E-state index in [1.54, 1.807) is 28.0 Å². The monoisotopic (exact) mass is 583 g/mol. The molecular formula is C33H37N5O3S. The molecule has 1 N–H and O–H groups in total. The smallest absolute Gasteiger partial charge is 0.259 e. The van der Waals surface area contributed by atoms with Gasteiger partial charge in [0.2, 0.25) is 5.91 Å². The fourth-order valence-electron chi connectivity index (χ4n) is 5.83. The molecule has 1 fully saturated rings. The standard InChI is InChI=1S/C33H37N5O3S/c1-4-13-37(14-5-2)29-21-30(39)38-15-7-10-26(32(38)35-29)24-8-6-9-25-27-20-23(11-12-28(27)42-31(24)25)34-33(40)22(3)36-16-18-41-19-17-36/h6-12,15,20-22H,4-5,13-14,16-19H2,1-3H3,(H,34,40)/t22-/m1/s1. The van der Waals surface area contributed by atoms with Crippen LogP contribution in [0.25, 0.3) is 36.9 Å². The summed E-state index contributed by atoms with van der Waals surface area (Å²) >= 11 is 1.72. The minimum atomic E-state index is -0.229. The highest BCUT2D eigenvalue weighted by Crippen LogP contribution is 2.41. The van der Waals surface area contributed by atoms with Crippen LogP contribution in [0.1, 0.15) is 33.6 Å². The summed E-state index contributed by atoms with van der Waals surface area (Å²) < 4.78 is 9.35. The molecule has 0 bridgehead atoms. The summed E-state index contributed by atoms with van der Waals surface area (Å²) in [6.07, 6.45) is 3.76. The number of hydrogen-bond donors (Lipinski definition) is 1. The Balaban J connectivity index is 1.40. The summed E-state index contributed by atoms with van der Waals surface area (Å²) in [7, 11) is 0. The second kappa shape index (κ2) is 12.2. The first-order valence-corrected chi connectivity index (χ1v) is 15.7. The van der Waals surface area contributed by atoms with Crippen LogP contribution in [0.5, 0.6) is 0 Å². The molecule has 6 rings (SSSR count). The highest BCUT2D eigenvalue weighted by atomic mass is 32.1. The normalized spacial score (nSPS) is 14.9. The molecule has 8 nitrogen and oxygen atoms in total. The molecule has 5 aromatic rings. The molecule has 1 saturated heterocycles. The van der Waals surface area contributed by atoms with Gasteiger partial charge in [-0.1, -0.05) is 32.0 Å². The topological polar surface area (TPSA) is 79.2 Å². The molecule has 0 saturated carbocycles. The second-order valence-electron chi connectivity index (χ2n) is 10.9. The van der Waals surface area contributed by atoms with Gasteiger partial charge in [0, 0.05) is 75.4 Å². The predicted molar refractivity (Wildman–Crippen MR) is 173 cm³/mol. The molecule has 0 radical (unpaired) electrons. The maximum atomic E-state index is 13.2. The Hall–Kier alpha value is -3.79. The van der Waals surface area contributed by atoms with E-state index in [0.29, 0.717) is 18.9 Å². The number of hydrogen-bond acceptors (Lipinski definition) is 7. The van der Waals surface area contributed by atoms with Crippen molar-refractivity contribution in [3.63, 3.8) is 0 Å². The minimum absolute atomic E-state index is 0.0141. The lowest BCUT2D eigenvalue weighted by Gasteiger charge is -2.31. The second-order valence-corrected chi connectivity index (χ2v) is 11.9. The van der Waals surface area contributed by atoms with E-state index in [1.807, 2.05) is 25.1 Å². The van der Waals surface area contributed by atoms with E-state index < -0.39 is 0 Å². The fourth-order valence-corrected chi connectivity index (χ4v) is 7.04. The molecule has 42 heavy (non-hydrogen) atoms. The van der Waals surface area contributed by atoms with Gasteiger partial charge in [-0.15, -0.1) is 11.3 Å². The summed E-state index contributed by atoms with van der Waals surface area (Å²) in [5, 5.41) is 5.34. The fraction of sp³-hybridized carbons (Fsp3) is 0.364. The number of carbonyl (C=O) groups is 1. The molecule has 218 valence electrons. The van der Waals surface area contributed by atoms with Crippen LogP contribution >= 0.6 is 11.3 Å². The van der Waals surface area contributed by atoms with E-state index in [9.17, 15) is 9.59 Å². The number of fused-ring (bicyclic) bond motifs is 4. The van der Waals surface area contributed by atoms with Gasteiger partial charge in [-0.2, -0.15) is 0 Å². The van der Waals surface area contributed by atoms with Crippen LogP contribution in [-0.2, 0) is 9.53 Å². The number of rotatable bonds is 9. The Morgan fingerprint density at radius 2 is 1.79 bits per heavy atom. The van der Waals surface area contributed by atoms with Gasteiger partial charge in [-0.25, -0.2) is 4.98 Å². The van der Waals surface area contributed by atoms with Crippen molar-refractivity contribution in [2.45, 2.75) is 39.7 Å². The molecule has 1 aliphatic heterocycles. The summed E-state index contributed by atoms with van der Waals surface area (Å²) in [4.78, 5) is 35.7. The number of thiophene rings is 1. The molecule has 1 atom stereocenters. The molecule has 9 heteroatoms. The highest BCUT2D eigenvalue weighted by molar-refractivity contribution is 7.26. The van der Waals surface area contributed by atoms with Crippen molar-refractivity contribution in [2.24, 2.45) is 0 Å². The van der Waals surface area contributed by atoms with Crippen LogP contribution in [0.15, 0.2) is 65.6 Å². The van der Waals surface area contributed by atoms with Gasteiger partial charge in [0.25, 0.3) is 5.56 Å². The number of carbonyl (C=O) groups excluding carboxylic acids is 1. The maximum absolute atomic E-state index is 13.2. The summed E-state index contributed by atoms with van der Waals surface area (Å²) in [5.41, 5.74) is 3.33. The third kappa shape index (κ3) is 5.40. The van der Waals surface area contributed by atoms with E-state index in [-0.39, 0.29) is 17.5 Å². The number of pyridine rings is 1. The maximum Gasteiger partial charge on any atom is 0.259 e. The molecule has 0 spiro atoms. The molecule has 1 aliphatic rings. The molecule has 4 heterocycles. The van der Waals surface area contributed by atoms with Crippen molar-refractivity contribution >= 4 is 54.6 Å². The first-order chi connectivity index (χ1) is 20.5. The van der Waals surface area contributed by atoms with Crippen molar-refractivity contribution in [1.82, 2.24) is 14.3 Å². The molecule has 0 unspecified atom stereocenters. The Morgan fingerprint density at radius 1 is 1.02 bits per heavy atom. The number of ether oxygens (including phenoxy) is 1. The van der Waals surface area contributed by atoms with Gasteiger partial charge in [0.05, 0.1) is 19.3 Å². The zero-order valence-corrected chi connectivity index (χ0v) is 25.2. The average Bonchev–Trinajstić information content (AvgIpc) is 3.39. The van der Waals surface area contributed by atoms with Crippen molar-refractivity contribution in [1.29, 1.82) is 0 Å². The van der Waals surface area contributed by atoms with E-state index in [2.05, 4.69) is 59.3 Å². The molecule has 1 amide bonds. The Morgan fingerprint density at radius 3 is 2.55 bits per heavy atom. The highest BCUT2D eigenvalue weighted by Gasteiger charge is 2.23. The molecular weight excluding hydrogens is 546 g/mol.